The van der Waals surface area contributed by atoms with Crippen molar-refractivity contribution in [2.45, 2.75) is 48.6 Å². The van der Waals surface area contributed by atoms with Gasteiger partial charge in [-0.25, -0.2) is 4.79 Å². The van der Waals surface area contributed by atoms with Crippen LogP contribution >= 0.6 is 11.6 Å². The van der Waals surface area contributed by atoms with Crippen molar-refractivity contribution < 1.29 is 61.6 Å². The van der Waals surface area contributed by atoms with E-state index in [9.17, 15) is 52.7 Å². The molecule has 184 valence electrons. The molecule has 1 aromatic rings. The Morgan fingerprint density at radius 2 is 1.47 bits per heavy atom. The van der Waals surface area contributed by atoms with E-state index >= 15 is 0 Å². The largest absolute Gasteiger partial charge is 0.467 e. The van der Waals surface area contributed by atoms with Crippen molar-refractivity contribution in [1.82, 2.24) is 0 Å². The number of alkyl halides is 9. The Hall–Kier alpha value is -1.74. The van der Waals surface area contributed by atoms with E-state index in [1.165, 1.54) is 24.3 Å². The smallest absolute Gasteiger partial charge is 0.460 e. The first-order valence-electron chi connectivity index (χ1n) is 8.27. The van der Waals surface area contributed by atoms with Gasteiger partial charge in [0.25, 0.3) is 0 Å². The fraction of sp³-hybridized carbons (Fsp3) is 0.562. The van der Waals surface area contributed by atoms with Gasteiger partial charge in [-0.05, 0) is 37.0 Å². The predicted octanol–water partition coefficient (Wildman–Crippen LogP) is 4.98. The van der Waals surface area contributed by atoms with Crippen molar-refractivity contribution in [3.63, 3.8) is 0 Å². The van der Waals surface area contributed by atoms with Crippen LogP contribution in [0.2, 0.25) is 5.02 Å². The molecule has 0 fully saturated rings. The Morgan fingerprint density at radius 1 is 0.969 bits per heavy atom. The van der Waals surface area contributed by atoms with Crippen LogP contribution in [0.5, 0.6) is 0 Å². The normalized spacial score (nSPS) is 14.8. The second-order valence-electron chi connectivity index (χ2n) is 6.24. The summed E-state index contributed by atoms with van der Waals surface area (Å²) in [5.74, 6) is -16.6. The first-order chi connectivity index (χ1) is 14.3. The summed E-state index contributed by atoms with van der Waals surface area (Å²) in [5, 5.41) is -6.71. The van der Waals surface area contributed by atoms with E-state index in [2.05, 4.69) is 8.92 Å². The molecule has 0 aliphatic heterocycles. The van der Waals surface area contributed by atoms with Crippen LogP contribution in [-0.2, 0) is 30.3 Å². The van der Waals surface area contributed by atoms with E-state index in [-0.39, 0.29) is 12.8 Å². The van der Waals surface area contributed by atoms with Gasteiger partial charge in [0.05, 0.1) is 7.11 Å². The zero-order chi connectivity index (χ0) is 25.2. The quantitative estimate of drug-likeness (QED) is 0.245. The van der Waals surface area contributed by atoms with Gasteiger partial charge in [-0.3, -0.25) is 4.18 Å². The fourth-order valence-electron chi connectivity index (χ4n) is 2.21. The lowest BCUT2D eigenvalue weighted by molar-refractivity contribution is -0.382. The minimum Gasteiger partial charge on any atom is -0.467 e. The maximum atomic E-state index is 13.8. The van der Waals surface area contributed by atoms with Crippen molar-refractivity contribution in [2.24, 2.45) is 0 Å². The molecule has 0 heterocycles. The van der Waals surface area contributed by atoms with Crippen LogP contribution in [0.15, 0.2) is 24.3 Å². The molecule has 0 radical (unpaired) electrons. The summed E-state index contributed by atoms with van der Waals surface area (Å²) in [6, 6.07) is 5.92. The minimum absolute atomic E-state index is 0.0623. The number of esters is 1. The molecule has 16 heteroatoms. The van der Waals surface area contributed by atoms with Crippen LogP contribution in [0, 0.1) is 0 Å². The molecule has 0 spiro atoms. The highest BCUT2D eigenvalue weighted by atomic mass is 35.5. The molecule has 1 unspecified atom stereocenters. The molecule has 0 amide bonds. The first-order valence-corrected chi connectivity index (χ1v) is 10.1. The Balaban J connectivity index is 3.11. The molecule has 0 saturated carbocycles. The summed E-state index contributed by atoms with van der Waals surface area (Å²) in [6.07, 6.45) is -10.6. The molecule has 0 aromatic heterocycles. The second-order valence-corrected chi connectivity index (χ2v) is 8.29. The lowest BCUT2D eigenvalue weighted by Gasteiger charge is -2.33. The molecule has 0 aliphatic carbocycles. The van der Waals surface area contributed by atoms with Crippen molar-refractivity contribution in [3.8, 4) is 0 Å². The van der Waals surface area contributed by atoms with Crippen molar-refractivity contribution in [1.29, 1.82) is 0 Å². The van der Waals surface area contributed by atoms with Crippen LogP contribution in [0.3, 0.4) is 0 Å². The minimum atomic E-state index is -7.47. The molecule has 1 atom stereocenters. The number of carbonyl (C=O) groups excluding carboxylic acids is 1. The van der Waals surface area contributed by atoms with Crippen molar-refractivity contribution in [2.75, 3.05) is 7.11 Å². The van der Waals surface area contributed by atoms with Crippen LogP contribution in [0.25, 0.3) is 0 Å². The Morgan fingerprint density at radius 3 is 1.91 bits per heavy atom. The molecule has 0 saturated heterocycles. The van der Waals surface area contributed by atoms with E-state index in [0.717, 1.165) is 0 Å². The Bertz CT molecular complexity index is 901. The standard InChI is InChI=1S/C16H14ClF9O5S/c1-30-12(27)11(4-2-3-9-5-7-10(17)8-6-9)31-32(28,29)16(25,26)14(20,21)13(18,19)15(22,23)24/h5-8,11H,2-4H2,1H3. The topological polar surface area (TPSA) is 69.7 Å². The monoisotopic (exact) mass is 524 g/mol. The predicted molar refractivity (Wildman–Crippen MR) is 91.1 cm³/mol. The SMILES string of the molecule is COC(=O)C(CCCc1ccc(Cl)cc1)OS(=O)(=O)C(F)(F)C(F)(F)C(F)(F)C(F)(F)F. The van der Waals surface area contributed by atoms with Gasteiger partial charge >= 0.3 is 39.4 Å². The molecule has 1 aromatic carbocycles. The summed E-state index contributed by atoms with van der Waals surface area (Å²) < 4.78 is 148. The van der Waals surface area contributed by atoms with Gasteiger partial charge in [-0.1, -0.05) is 23.7 Å². The molecule has 0 bridgehead atoms. The third-order valence-corrected chi connectivity index (χ3v) is 5.60. The zero-order valence-electron chi connectivity index (χ0n) is 15.7. The number of ether oxygens (including phenoxy) is 1. The van der Waals surface area contributed by atoms with Gasteiger partial charge in [0, 0.05) is 5.02 Å². The van der Waals surface area contributed by atoms with Gasteiger partial charge in [0.1, 0.15) is 0 Å². The fourth-order valence-corrected chi connectivity index (χ4v) is 3.38. The molecular formula is C16H14ClF9O5S. The average molecular weight is 525 g/mol. The number of hydrogen-bond acceptors (Lipinski definition) is 5. The second kappa shape index (κ2) is 9.63. The zero-order valence-corrected chi connectivity index (χ0v) is 17.3. The lowest BCUT2D eigenvalue weighted by atomic mass is 10.1. The molecule has 0 N–H and O–H groups in total. The maximum absolute atomic E-state index is 13.8. The number of carbonyl (C=O) groups is 1. The van der Waals surface area contributed by atoms with Gasteiger partial charge < -0.3 is 4.74 Å². The third-order valence-electron chi connectivity index (χ3n) is 3.98. The Labute approximate surface area is 180 Å². The highest BCUT2D eigenvalue weighted by Gasteiger charge is 2.86. The number of hydrogen-bond donors (Lipinski definition) is 0. The molecule has 5 nitrogen and oxygen atoms in total. The average Bonchev–Trinajstić information content (AvgIpc) is 2.66. The molecule has 32 heavy (non-hydrogen) atoms. The van der Waals surface area contributed by atoms with Gasteiger partial charge in [-0.2, -0.15) is 47.9 Å². The third kappa shape index (κ3) is 5.60. The summed E-state index contributed by atoms with van der Waals surface area (Å²) in [5.41, 5.74) is 0.558. The summed E-state index contributed by atoms with van der Waals surface area (Å²) in [6.45, 7) is 0. The Kier molecular flexibility index (Phi) is 8.51. The van der Waals surface area contributed by atoms with Crippen molar-refractivity contribution in [3.05, 3.63) is 34.9 Å². The summed E-state index contributed by atoms with van der Waals surface area (Å²) in [7, 11) is -6.56. The highest BCUT2D eigenvalue weighted by molar-refractivity contribution is 7.87. The number of rotatable bonds is 10. The van der Waals surface area contributed by atoms with Crippen LogP contribution in [-0.4, -0.2) is 50.9 Å². The van der Waals surface area contributed by atoms with E-state index in [4.69, 9.17) is 11.6 Å². The number of aryl methyl sites for hydroxylation is 1. The number of methoxy groups -OCH3 is 1. The lowest BCUT2D eigenvalue weighted by Crippen LogP contribution is -2.63. The van der Waals surface area contributed by atoms with Crippen molar-refractivity contribution >= 4 is 27.7 Å². The summed E-state index contributed by atoms with van der Waals surface area (Å²) >= 11 is 5.66. The van der Waals surface area contributed by atoms with Crippen LogP contribution in [0.4, 0.5) is 39.5 Å². The number of halogens is 10. The highest BCUT2D eigenvalue weighted by Crippen LogP contribution is 2.55. The van der Waals surface area contributed by atoms with E-state index in [0.29, 0.717) is 17.7 Å². The number of benzene rings is 1. The van der Waals surface area contributed by atoms with Gasteiger partial charge in [0.15, 0.2) is 6.10 Å². The summed E-state index contributed by atoms with van der Waals surface area (Å²) in [4.78, 5) is 11.6. The molecular weight excluding hydrogens is 511 g/mol. The van der Waals surface area contributed by atoms with Gasteiger partial charge in [0.2, 0.25) is 0 Å². The van der Waals surface area contributed by atoms with Gasteiger partial charge in [-0.15, -0.1) is 0 Å². The molecule has 0 aliphatic rings. The van der Waals surface area contributed by atoms with E-state index in [1.807, 2.05) is 0 Å². The van der Waals surface area contributed by atoms with E-state index in [1.54, 1.807) is 0 Å². The van der Waals surface area contributed by atoms with Crippen LogP contribution < -0.4 is 0 Å². The van der Waals surface area contributed by atoms with Crippen LogP contribution in [0.1, 0.15) is 18.4 Å². The molecule has 1 rings (SSSR count). The first kappa shape index (κ1) is 28.3. The van der Waals surface area contributed by atoms with E-state index < -0.39 is 51.9 Å². The maximum Gasteiger partial charge on any atom is 0.460 e.